The molecule has 0 aromatic carbocycles. The number of hydrogen-bond donors (Lipinski definition) is 1. The standard InChI is InChI=1S/C12H21NO3.CH4O/c1-12(2,3)16-11(15)13-7-6-10(9-13)5-4-8-14;1-2/h8,10H,4-7,9H2,1-3H3;2H,1H3. The molecule has 5 nitrogen and oxygen atoms in total. The Hall–Kier alpha value is -1.10. The Morgan fingerprint density at radius 1 is 1.44 bits per heavy atom. The van der Waals surface area contributed by atoms with Crippen LogP contribution in [-0.2, 0) is 9.53 Å². The van der Waals surface area contributed by atoms with Gasteiger partial charge in [0, 0.05) is 26.6 Å². The molecule has 5 heteroatoms. The summed E-state index contributed by atoms with van der Waals surface area (Å²) < 4.78 is 5.29. The van der Waals surface area contributed by atoms with E-state index in [1.807, 2.05) is 20.8 Å². The molecule has 1 unspecified atom stereocenters. The molecule has 1 amide bonds. The van der Waals surface area contributed by atoms with Crippen molar-refractivity contribution in [2.75, 3.05) is 20.2 Å². The smallest absolute Gasteiger partial charge is 0.410 e. The van der Waals surface area contributed by atoms with Crippen LogP contribution < -0.4 is 0 Å². The van der Waals surface area contributed by atoms with Crippen molar-refractivity contribution in [3.63, 3.8) is 0 Å². The topological polar surface area (TPSA) is 66.8 Å². The second-order valence-electron chi connectivity index (χ2n) is 5.33. The maximum Gasteiger partial charge on any atom is 0.410 e. The van der Waals surface area contributed by atoms with Gasteiger partial charge in [0.2, 0.25) is 0 Å². The van der Waals surface area contributed by atoms with Crippen LogP contribution in [0, 0.1) is 5.92 Å². The van der Waals surface area contributed by atoms with Gasteiger partial charge < -0.3 is 19.5 Å². The van der Waals surface area contributed by atoms with Crippen LogP contribution in [-0.4, -0.2) is 48.2 Å². The first kappa shape index (κ1) is 16.9. The van der Waals surface area contributed by atoms with Crippen LogP contribution >= 0.6 is 0 Å². The summed E-state index contributed by atoms with van der Waals surface area (Å²) in [6.45, 7) is 7.07. The summed E-state index contributed by atoms with van der Waals surface area (Å²) in [5.74, 6) is 0.456. The molecule has 0 aromatic rings. The van der Waals surface area contributed by atoms with Crippen LogP contribution in [0.25, 0.3) is 0 Å². The summed E-state index contributed by atoms with van der Waals surface area (Å²) in [6, 6.07) is 0. The molecule has 1 N–H and O–H groups in total. The van der Waals surface area contributed by atoms with E-state index in [0.29, 0.717) is 12.3 Å². The van der Waals surface area contributed by atoms with Gasteiger partial charge in [-0.25, -0.2) is 4.79 Å². The first-order valence-electron chi connectivity index (χ1n) is 6.28. The minimum Gasteiger partial charge on any atom is -0.444 e. The zero-order valence-corrected chi connectivity index (χ0v) is 11.8. The first-order valence-corrected chi connectivity index (χ1v) is 6.28. The highest BCUT2D eigenvalue weighted by Gasteiger charge is 2.29. The molecule has 18 heavy (non-hydrogen) atoms. The van der Waals surface area contributed by atoms with E-state index >= 15 is 0 Å². The number of hydrogen-bond acceptors (Lipinski definition) is 4. The fraction of sp³-hybridized carbons (Fsp3) is 0.846. The number of rotatable bonds is 3. The van der Waals surface area contributed by atoms with Gasteiger partial charge >= 0.3 is 6.09 Å². The lowest BCUT2D eigenvalue weighted by Crippen LogP contribution is -2.35. The van der Waals surface area contributed by atoms with Crippen molar-refractivity contribution in [2.45, 2.75) is 45.6 Å². The number of aliphatic hydroxyl groups excluding tert-OH is 1. The maximum absolute atomic E-state index is 11.7. The van der Waals surface area contributed by atoms with Gasteiger partial charge in [-0.3, -0.25) is 0 Å². The maximum atomic E-state index is 11.7. The summed E-state index contributed by atoms with van der Waals surface area (Å²) in [6.07, 6.45) is 3.15. The van der Waals surface area contributed by atoms with E-state index in [9.17, 15) is 9.59 Å². The van der Waals surface area contributed by atoms with Crippen LogP contribution in [0.15, 0.2) is 0 Å². The van der Waals surface area contributed by atoms with E-state index in [4.69, 9.17) is 9.84 Å². The van der Waals surface area contributed by atoms with Crippen LogP contribution in [0.5, 0.6) is 0 Å². The Morgan fingerprint density at radius 3 is 2.56 bits per heavy atom. The molecule has 1 heterocycles. The van der Waals surface area contributed by atoms with E-state index in [1.165, 1.54) is 0 Å². The van der Waals surface area contributed by atoms with Gasteiger partial charge in [-0.1, -0.05) is 0 Å². The Morgan fingerprint density at radius 2 is 2.06 bits per heavy atom. The molecular formula is C13H25NO4. The molecule has 1 aliphatic rings. The van der Waals surface area contributed by atoms with Gasteiger partial charge in [-0.05, 0) is 39.5 Å². The Kier molecular flexibility index (Phi) is 7.59. The number of aldehydes is 1. The van der Waals surface area contributed by atoms with E-state index < -0.39 is 5.60 Å². The number of likely N-dealkylation sites (tertiary alicyclic amines) is 1. The van der Waals surface area contributed by atoms with E-state index in [-0.39, 0.29) is 6.09 Å². The highest BCUT2D eigenvalue weighted by atomic mass is 16.6. The van der Waals surface area contributed by atoms with Crippen LogP contribution in [0.2, 0.25) is 0 Å². The van der Waals surface area contributed by atoms with Crippen LogP contribution in [0.3, 0.4) is 0 Å². The molecule has 1 aliphatic heterocycles. The number of carbonyl (C=O) groups is 2. The average molecular weight is 259 g/mol. The van der Waals surface area contributed by atoms with Crippen molar-refractivity contribution in [1.29, 1.82) is 0 Å². The Labute approximate surface area is 109 Å². The Bertz CT molecular complexity index is 260. The van der Waals surface area contributed by atoms with Gasteiger partial charge in [0.05, 0.1) is 0 Å². The fourth-order valence-corrected chi connectivity index (χ4v) is 1.86. The largest absolute Gasteiger partial charge is 0.444 e. The van der Waals surface area contributed by atoms with Crippen molar-refractivity contribution < 1.29 is 19.4 Å². The summed E-state index contributed by atoms with van der Waals surface area (Å²) in [5, 5.41) is 7.00. The molecule has 0 bridgehead atoms. The minimum absolute atomic E-state index is 0.235. The third kappa shape index (κ3) is 6.59. The third-order valence-corrected chi connectivity index (χ3v) is 2.63. The van der Waals surface area contributed by atoms with Gasteiger partial charge in [0.1, 0.15) is 11.9 Å². The molecule has 1 atom stereocenters. The normalized spacial score (nSPS) is 18.9. The molecule has 0 aliphatic carbocycles. The van der Waals surface area contributed by atoms with Crippen molar-refractivity contribution in [3.05, 3.63) is 0 Å². The Balaban J connectivity index is 0.00000137. The molecular weight excluding hydrogens is 234 g/mol. The highest BCUT2D eigenvalue weighted by molar-refractivity contribution is 5.68. The number of nitrogens with zero attached hydrogens (tertiary/aromatic N) is 1. The lowest BCUT2D eigenvalue weighted by molar-refractivity contribution is -0.108. The van der Waals surface area contributed by atoms with Crippen molar-refractivity contribution in [3.8, 4) is 0 Å². The first-order chi connectivity index (χ1) is 8.42. The van der Waals surface area contributed by atoms with Crippen LogP contribution in [0.4, 0.5) is 4.79 Å². The van der Waals surface area contributed by atoms with Crippen molar-refractivity contribution in [2.24, 2.45) is 5.92 Å². The van der Waals surface area contributed by atoms with Crippen molar-refractivity contribution >= 4 is 12.4 Å². The molecule has 106 valence electrons. The van der Waals surface area contributed by atoms with E-state index in [2.05, 4.69) is 0 Å². The lowest BCUT2D eigenvalue weighted by atomic mass is 10.0. The SMILES string of the molecule is CC(C)(C)OC(=O)N1CCC(CCC=O)C1.CO. The quantitative estimate of drug-likeness (QED) is 0.785. The summed E-state index contributed by atoms with van der Waals surface area (Å²) in [5.41, 5.74) is -0.433. The molecule has 1 saturated heterocycles. The molecule has 0 spiro atoms. The van der Waals surface area contributed by atoms with Gasteiger partial charge in [-0.15, -0.1) is 0 Å². The summed E-state index contributed by atoms with van der Waals surface area (Å²) >= 11 is 0. The molecule has 1 rings (SSSR count). The minimum atomic E-state index is -0.433. The number of carbonyl (C=O) groups excluding carboxylic acids is 2. The van der Waals surface area contributed by atoms with E-state index in [0.717, 1.165) is 39.3 Å². The van der Waals surface area contributed by atoms with Crippen molar-refractivity contribution in [1.82, 2.24) is 4.90 Å². The number of aliphatic hydroxyl groups is 1. The molecule has 0 radical (unpaired) electrons. The van der Waals surface area contributed by atoms with Gasteiger partial charge in [0.25, 0.3) is 0 Å². The zero-order chi connectivity index (χ0) is 14.2. The average Bonchev–Trinajstić information content (AvgIpc) is 2.75. The van der Waals surface area contributed by atoms with Gasteiger partial charge in [0.15, 0.2) is 0 Å². The molecule has 0 saturated carbocycles. The fourth-order valence-electron chi connectivity index (χ4n) is 1.86. The lowest BCUT2D eigenvalue weighted by Gasteiger charge is -2.24. The zero-order valence-electron chi connectivity index (χ0n) is 11.8. The highest BCUT2D eigenvalue weighted by Crippen LogP contribution is 2.22. The van der Waals surface area contributed by atoms with E-state index in [1.54, 1.807) is 4.90 Å². The second kappa shape index (κ2) is 8.08. The second-order valence-corrected chi connectivity index (χ2v) is 5.33. The summed E-state index contributed by atoms with van der Waals surface area (Å²) in [7, 11) is 1.00. The predicted octanol–water partition coefficient (Wildman–Crippen LogP) is 1.83. The monoisotopic (exact) mass is 259 g/mol. The molecule has 1 fully saturated rings. The predicted molar refractivity (Wildman–Crippen MR) is 69.4 cm³/mol. The summed E-state index contributed by atoms with van der Waals surface area (Å²) in [4.78, 5) is 23.7. The third-order valence-electron chi connectivity index (χ3n) is 2.63. The van der Waals surface area contributed by atoms with Crippen LogP contribution in [0.1, 0.15) is 40.0 Å². The number of amides is 1. The number of ether oxygens (including phenoxy) is 1. The molecule has 0 aromatic heterocycles. The van der Waals surface area contributed by atoms with Gasteiger partial charge in [-0.2, -0.15) is 0 Å².